The first-order chi connectivity index (χ1) is 7.53. The fraction of sp³-hybridized carbons (Fsp3) is 0.625. The first-order valence-corrected chi connectivity index (χ1v) is 6.59. The van der Waals surface area contributed by atoms with Crippen LogP contribution in [0.2, 0.25) is 0 Å². The summed E-state index contributed by atoms with van der Waals surface area (Å²) in [6.45, 7) is 9.45. The summed E-state index contributed by atoms with van der Waals surface area (Å²) in [5.41, 5.74) is 3.61. The van der Waals surface area contributed by atoms with Crippen molar-refractivity contribution in [3.63, 3.8) is 0 Å². The van der Waals surface area contributed by atoms with Gasteiger partial charge in [-0.1, -0.05) is 51.5 Å². The summed E-state index contributed by atoms with van der Waals surface area (Å²) in [6, 6.07) is 8.94. The molecule has 0 spiro atoms. The van der Waals surface area contributed by atoms with Crippen molar-refractivity contribution >= 4 is 0 Å². The van der Waals surface area contributed by atoms with Gasteiger partial charge in [-0.15, -0.1) is 0 Å². The molecule has 0 bridgehead atoms. The molecule has 16 heavy (non-hydrogen) atoms. The topological polar surface area (TPSA) is 0 Å². The van der Waals surface area contributed by atoms with Crippen LogP contribution in [-0.4, -0.2) is 0 Å². The minimum absolute atomic E-state index is 0.535. The summed E-state index contributed by atoms with van der Waals surface area (Å²) in [5, 5.41) is 0. The maximum atomic E-state index is 2.42. The summed E-state index contributed by atoms with van der Waals surface area (Å²) in [5.74, 6) is 1.68. The first kappa shape index (κ1) is 11.7. The van der Waals surface area contributed by atoms with E-state index in [1.807, 2.05) is 0 Å². The summed E-state index contributed by atoms with van der Waals surface area (Å²) < 4.78 is 0. The molecule has 0 saturated heterocycles. The summed E-state index contributed by atoms with van der Waals surface area (Å²) >= 11 is 0. The molecule has 88 valence electrons. The second-order valence-corrected chi connectivity index (χ2v) is 6.20. The largest absolute Gasteiger partial charge is 0.0651 e. The van der Waals surface area contributed by atoms with Crippen molar-refractivity contribution in [1.29, 1.82) is 0 Å². The van der Waals surface area contributed by atoms with E-state index in [2.05, 4.69) is 52.0 Å². The molecule has 0 heterocycles. The van der Waals surface area contributed by atoms with Gasteiger partial charge >= 0.3 is 0 Å². The molecule has 0 nitrogen and oxygen atoms in total. The maximum absolute atomic E-state index is 2.42. The SMILES string of the molecule is CCC1CC(C)(C)CC1c1ccccc1C. The van der Waals surface area contributed by atoms with Crippen molar-refractivity contribution < 1.29 is 0 Å². The summed E-state index contributed by atoms with van der Waals surface area (Å²) in [7, 11) is 0. The molecular formula is C16H24. The lowest BCUT2D eigenvalue weighted by atomic mass is 9.85. The van der Waals surface area contributed by atoms with Gasteiger partial charge in [0.05, 0.1) is 0 Å². The zero-order chi connectivity index (χ0) is 11.8. The second-order valence-electron chi connectivity index (χ2n) is 6.20. The van der Waals surface area contributed by atoms with Gasteiger partial charge in [0.2, 0.25) is 0 Å². The molecule has 1 aromatic carbocycles. The quantitative estimate of drug-likeness (QED) is 0.658. The van der Waals surface area contributed by atoms with Gasteiger partial charge in [0, 0.05) is 0 Å². The van der Waals surface area contributed by atoms with E-state index < -0.39 is 0 Å². The van der Waals surface area contributed by atoms with Crippen LogP contribution in [0.1, 0.15) is 57.1 Å². The van der Waals surface area contributed by atoms with Gasteiger partial charge < -0.3 is 0 Å². The van der Waals surface area contributed by atoms with E-state index in [1.54, 1.807) is 5.56 Å². The number of benzene rings is 1. The van der Waals surface area contributed by atoms with Crippen molar-refractivity contribution in [2.75, 3.05) is 0 Å². The minimum atomic E-state index is 0.535. The first-order valence-electron chi connectivity index (χ1n) is 6.59. The number of aryl methyl sites for hydroxylation is 1. The molecule has 0 N–H and O–H groups in total. The number of hydrogen-bond acceptors (Lipinski definition) is 0. The van der Waals surface area contributed by atoms with Gasteiger partial charge in [0.1, 0.15) is 0 Å². The van der Waals surface area contributed by atoms with Gasteiger partial charge in [-0.05, 0) is 48.1 Å². The standard InChI is InChI=1S/C16H24/c1-5-13-10-16(3,4)11-15(13)14-9-7-6-8-12(14)2/h6-9,13,15H,5,10-11H2,1-4H3. The molecule has 0 amide bonds. The molecule has 1 saturated carbocycles. The summed E-state index contributed by atoms with van der Waals surface area (Å²) in [4.78, 5) is 0. The Labute approximate surface area is 100 Å². The van der Waals surface area contributed by atoms with Gasteiger partial charge in [-0.2, -0.15) is 0 Å². The highest BCUT2D eigenvalue weighted by Crippen LogP contribution is 2.51. The van der Waals surface area contributed by atoms with Crippen molar-refractivity contribution in [3.8, 4) is 0 Å². The molecule has 1 aliphatic carbocycles. The molecule has 0 radical (unpaired) electrons. The van der Waals surface area contributed by atoms with Gasteiger partial charge in [-0.3, -0.25) is 0 Å². The lowest BCUT2D eigenvalue weighted by Gasteiger charge is -2.20. The van der Waals surface area contributed by atoms with E-state index in [4.69, 9.17) is 0 Å². The highest BCUT2D eigenvalue weighted by molar-refractivity contribution is 5.31. The fourth-order valence-corrected chi connectivity index (χ4v) is 3.49. The van der Waals surface area contributed by atoms with E-state index in [0.717, 1.165) is 11.8 Å². The molecule has 0 heteroatoms. The van der Waals surface area contributed by atoms with Crippen LogP contribution >= 0.6 is 0 Å². The van der Waals surface area contributed by atoms with Crippen molar-refractivity contribution in [3.05, 3.63) is 35.4 Å². The Morgan fingerprint density at radius 3 is 2.50 bits per heavy atom. The van der Waals surface area contributed by atoms with Crippen LogP contribution < -0.4 is 0 Å². The molecule has 0 aliphatic heterocycles. The zero-order valence-electron chi connectivity index (χ0n) is 11.1. The number of hydrogen-bond donors (Lipinski definition) is 0. The molecule has 1 fully saturated rings. The van der Waals surface area contributed by atoms with Gasteiger partial charge in [0.25, 0.3) is 0 Å². The molecule has 1 aromatic rings. The Balaban J connectivity index is 2.30. The Morgan fingerprint density at radius 1 is 1.19 bits per heavy atom. The average molecular weight is 216 g/mol. The molecule has 2 rings (SSSR count). The Morgan fingerprint density at radius 2 is 1.88 bits per heavy atom. The molecular weight excluding hydrogens is 192 g/mol. The normalized spacial score (nSPS) is 28.2. The molecule has 0 aromatic heterocycles. The Bertz CT molecular complexity index is 362. The third-order valence-corrected chi connectivity index (χ3v) is 4.27. The highest BCUT2D eigenvalue weighted by atomic mass is 14.4. The average Bonchev–Trinajstić information content (AvgIpc) is 2.54. The monoisotopic (exact) mass is 216 g/mol. The van der Waals surface area contributed by atoms with Gasteiger partial charge in [-0.25, -0.2) is 0 Å². The predicted octanol–water partition coefficient (Wildman–Crippen LogP) is 4.92. The van der Waals surface area contributed by atoms with E-state index in [0.29, 0.717) is 5.41 Å². The van der Waals surface area contributed by atoms with E-state index in [1.165, 1.54) is 24.8 Å². The number of rotatable bonds is 2. The smallest absolute Gasteiger partial charge is 0.0126 e. The van der Waals surface area contributed by atoms with Crippen LogP contribution in [0, 0.1) is 18.3 Å². The third-order valence-electron chi connectivity index (χ3n) is 4.27. The van der Waals surface area contributed by atoms with E-state index in [9.17, 15) is 0 Å². The molecule has 1 aliphatic rings. The predicted molar refractivity (Wildman–Crippen MR) is 70.7 cm³/mol. The van der Waals surface area contributed by atoms with Gasteiger partial charge in [0.15, 0.2) is 0 Å². The van der Waals surface area contributed by atoms with Crippen LogP contribution in [0.15, 0.2) is 24.3 Å². The third kappa shape index (κ3) is 2.16. The lowest BCUT2D eigenvalue weighted by Crippen LogP contribution is -2.06. The van der Waals surface area contributed by atoms with Crippen LogP contribution in [0.4, 0.5) is 0 Å². The lowest BCUT2D eigenvalue weighted by molar-refractivity contribution is 0.358. The Kier molecular flexibility index (Phi) is 3.10. The van der Waals surface area contributed by atoms with Crippen LogP contribution in [-0.2, 0) is 0 Å². The molecule has 2 unspecified atom stereocenters. The van der Waals surface area contributed by atoms with Crippen LogP contribution in [0.25, 0.3) is 0 Å². The van der Waals surface area contributed by atoms with Crippen LogP contribution in [0.5, 0.6) is 0 Å². The van der Waals surface area contributed by atoms with Crippen LogP contribution in [0.3, 0.4) is 0 Å². The summed E-state index contributed by atoms with van der Waals surface area (Å²) in [6.07, 6.45) is 4.07. The van der Waals surface area contributed by atoms with Crippen molar-refractivity contribution in [2.45, 2.75) is 52.9 Å². The minimum Gasteiger partial charge on any atom is -0.0651 e. The van der Waals surface area contributed by atoms with Crippen molar-refractivity contribution in [2.24, 2.45) is 11.3 Å². The highest BCUT2D eigenvalue weighted by Gasteiger charge is 2.39. The molecule has 2 atom stereocenters. The Hall–Kier alpha value is -0.780. The zero-order valence-corrected chi connectivity index (χ0v) is 11.1. The van der Waals surface area contributed by atoms with E-state index in [-0.39, 0.29) is 0 Å². The fourth-order valence-electron chi connectivity index (χ4n) is 3.49. The van der Waals surface area contributed by atoms with E-state index >= 15 is 0 Å². The van der Waals surface area contributed by atoms with Crippen molar-refractivity contribution in [1.82, 2.24) is 0 Å². The second kappa shape index (κ2) is 4.24. The maximum Gasteiger partial charge on any atom is -0.0126 e.